The van der Waals surface area contributed by atoms with Crippen molar-refractivity contribution in [3.05, 3.63) is 5.69 Å². The van der Waals surface area contributed by atoms with Crippen LogP contribution in [-0.4, -0.2) is 33.8 Å². The molecule has 2 N–H and O–H groups in total. The van der Waals surface area contributed by atoms with Crippen LogP contribution in [0.3, 0.4) is 0 Å². The summed E-state index contributed by atoms with van der Waals surface area (Å²) in [6.07, 6.45) is 0. The second-order valence-electron chi connectivity index (χ2n) is 3.79. The highest BCUT2D eigenvalue weighted by Crippen LogP contribution is 2.27. The van der Waals surface area contributed by atoms with Crippen LogP contribution < -0.4 is 10.6 Å². The van der Waals surface area contributed by atoms with Gasteiger partial charge in [0.2, 0.25) is 5.91 Å². The summed E-state index contributed by atoms with van der Waals surface area (Å²) in [4.78, 5) is 15.1. The van der Waals surface area contributed by atoms with Gasteiger partial charge >= 0.3 is 0 Å². The third-order valence-corrected chi connectivity index (χ3v) is 3.43. The molecule has 0 unspecified atom stereocenters. The number of rotatable bonds is 4. The number of fused-ring (bicyclic) bond motifs is 1. The molecule has 0 spiro atoms. The topological polar surface area (TPSA) is 71.8 Å². The number of hydrogen-bond acceptors (Lipinski definition) is 5. The van der Waals surface area contributed by atoms with Crippen molar-refractivity contribution in [3.8, 4) is 0 Å². The fourth-order valence-corrected chi connectivity index (χ4v) is 2.53. The number of carbonyl (C=O) groups excluding carboxylic acids is 1. The fraction of sp³-hybridized carbons (Fsp3) is 0.500. The Kier molecular flexibility index (Phi) is 3.28. The van der Waals surface area contributed by atoms with Crippen molar-refractivity contribution in [1.82, 2.24) is 20.1 Å². The van der Waals surface area contributed by atoms with E-state index in [9.17, 15) is 4.79 Å². The van der Waals surface area contributed by atoms with Gasteiger partial charge in [-0.15, -0.1) is 0 Å². The van der Waals surface area contributed by atoms with Crippen LogP contribution in [-0.2, 0) is 11.8 Å². The second kappa shape index (κ2) is 4.70. The van der Waals surface area contributed by atoms with Gasteiger partial charge in [0.1, 0.15) is 0 Å². The Balaban J connectivity index is 2.00. The normalized spacial score (nSPS) is 10.8. The SMILES string of the molecule is CC(=O)NCCNc1nc2c(s1)c(C)nn2C. The molecule has 2 aromatic heterocycles. The molecule has 0 aliphatic rings. The lowest BCUT2D eigenvalue weighted by molar-refractivity contribution is -0.118. The molecule has 0 saturated heterocycles. The molecule has 0 aromatic carbocycles. The van der Waals surface area contributed by atoms with Crippen LogP contribution in [0.2, 0.25) is 0 Å². The maximum Gasteiger partial charge on any atom is 0.216 e. The van der Waals surface area contributed by atoms with Crippen molar-refractivity contribution >= 4 is 32.7 Å². The first-order chi connectivity index (χ1) is 8.08. The highest BCUT2D eigenvalue weighted by molar-refractivity contribution is 7.22. The number of aromatic nitrogens is 3. The van der Waals surface area contributed by atoms with E-state index in [1.807, 2.05) is 14.0 Å². The number of nitrogens with zero attached hydrogens (tertiary/aromatic N) is 3. The Morgan fingerprint density at radius 1 is 1.47 bits per heavy atom. The van der Waals surface area contributed by atoms with E-state index in [0.717, 1.165) is 21.2 Å². The Bertz CT molecular complexity index is 510. The van der Waals surface area contributed by atoms with Gasteiger partial charge in [-0.3, -0.25) is 4.79 Å². The Labute approximate surface area is 103 Å². The van der Waals surface area contributed by atoms with E-state index in [-0.39, 0.29) is 5.91 Å². The zero-order valence-electron chi connectivity index (χ0n) is 10.1. The first-order valence-electron chi connectivity index (χ1n) is 5.36. The zero-order valence-corrected chi connectivity index (χ0v) is 10.9. The summed E-state index contributed by atoms with van der Waals surface area (Å²) in [7, 11) is 1.89. The van der Waals surface area contributed by atoms with Gasteiger partial charge in [0.15, 0.2) is 10.8 Å². The van der Waals surface area contributed by atoms with Gasteiger partial charge in [-0.1, -0.05) is 11.3 Å². The molecule has 6 nitrogen and oxygen atoms in total. The van der Waals surface area contributed by atoms with Gasteiger partial charge in [0.05, 0.1) is 10.4 Å². The number of aryl methyl sites for hydroxylation is 2. The molecule has 7 heteroatoms. The number of anilines is 1. The van der Waals surface area contributed by atoms with Crippen LogP contribution in [0.5, 0.6) is 0 Å². The quantitative estimate of drug-likeness (QED) is 0.794. The smallest absolute Gasteiger partial charge is 0.216 e. The summed E-state index contributed by atoms with van der Waals surface area (Å²) in [5, 5.41) is 11.1. The molecule has 0 atom stereocenters. The average Bonchev–Trinajstić information content (AvgIpc) is 2.77. The minimum atomic E-state index is -0.0175. The van der Waals surface area contributed by atoms with Crippen molar-refractivity contribution in [2.45, 2.75) is 13.8 Å². The average molecular weight is 253 g/mol. The minimum absolute atomic E-state index is 0.0175. The predicted molar refractivity (Wildman–Crippen MR) is 68.3 cm³/mol. The lowest BCUT2D eigenvalue weighted by atomic mass is 10.5. The van der Waals surface area contributed by atoms with E-state index < -0.39 is 0 Å². The van der Waals surface area contributed by atoms with Gasteiger partial charge in [-0.05, 0) is 6.92 Å². The van der Waals surface area contributed by atoms with Crippen LogP contribution in [0, 0.1) is 6.92 Å². The Morgan fingerprint density at radius 2 is 2.24 bits per heavy atom. The number of nitrogens with one attached hydrogen (secondary N) is 2. The Hall–Kier alpha value is -1.63. The molecule has 17 heavy (non-hydrogen) atoms. The van der Waals surface area contributed by atoms with Gasteiger partial charge in [-0.2, -0.15) is 5.10 Å². The molecule has 0 saturated carbocycles. The molecule has 1 amide bonds. The molecule has 2 aromatic rings. The second-order valence-corrected chi connectivity index (χ2v) is 4.79. The maximum absolute atomic E-state index is 10.7. The monoisotopic (exact) mass is 253 g/mol. The molecule has 0 radical (unpaired) electrons. The van der Waals surface area contributed by atoms with Gasteiger partial charge in [-0.25, -0.2) is 9.67 Å². The number of carbonyl (C=O) groups is 1. The van der Waals surface area contributed by atoms with Crippen LogP contribution >= 0.6 is 11.3 Å². The highest BCUT2D eigenvalue weighted by Gasteiger charge is 2.10. The summed E-state index contributed by atoms with van der Waals surface area (Å²) < 4.78 is 2.88. The van der Waals surface area contributed by atoms with Crippen molar-refractivity contribution in [2.24, 2.45) is 7.05 Å². The van der Waals surface area contributed by atoms with Crippen LogP contribution in [0.25, 0.3) is 10.3 Å². The lowest BCUT2D eigenvalue weighted by Crippen LogP contribution is -2.26. The Morgan fingerprint density at radius 3 is 2.88 bits per heavy atom. The molecule has 2 heterocycles. The van der Waals surface area contributed by atoms with E-state index in [2.05, 4.69) is 20.7 Å². The van der Waals surface area contributed by atoms with Crippen LogP contribution in [0.1, 0.15) is 12.6 Å². The third kappa shape index (κ3) is 2.55. The van der Waals surface area contributed by atoms with Gasteiger partial charge in [0.25, 0.3) is 0 Å². The van der Waals surface area contributed by atoms with Gasteiger partial charge < -0.3 is 10.6 Å². The molecule has 0 aliphatic heterocycles. The first-order valence-corrected chi connectivity index (χ1v) is 6.18. The first kappa shape index (κ1) is 11.8. The third-order valence-electron chi connectivity index (χ3n) is 2.32. The molecule has 2 rings (SSSR count). The lowest BCUT2D eigenvalue weighted by Gasteiger charge is -2.02. The molecule has 92 valence electrons. The maximum atomic E-state index is 10.7. The number of hydrogen-bond donors (Lipinski definition) is 2. The van der Waals surface area contributed by atoms with Crippen molar-refractivity contribution in [2.75, 3.05) is 18.4 Å². The van der Waals surface area contributed by atoms with E-state index in [1.54, 1.807) is 16.0 Å². The molecular weight excluding hydrogens is 238 g/mol. The van der Waals surface area contributed by atoms with Crippen molar-refractivity contribution < 1.29 is 4.79 Å². The fourth-order valence-electron chi connectivity index (χ4n) is 1.57. The summed E-state index contributed by atoms with van der Waals surface area (Å²) in [6.45, 7) is 4.75. The predicted octanol–water partition coefficient (Wildman–Crippen LogP) is 0.886. The van der Waals surface area contributed by atoms with Crippen molar-refractivity contribution in [3.63, 3.8) is 0 Å². The summed E-state index contributed by atoms with van der Waals surface area (Å²) in [5.41, 5.74) is 1.89. The summed E-state index contributed by atoms with van der Waals surface area (Å²) in [6, 6.07) is 0. The molecular formula is C10H15N5OS. The van der Waals surface area contributed by atoms with E-state index in [0.29, 0.717) is 13.1 Å². The van der Waals surface area contributed by atoms with Gasteiger partial charge in [0, 0.05) is 27.1 Å². The van der Waals surface area contributed by atoms with Crippen molar-refractivity contribution in [1.29, 1.82) is 0 Å². The molecule has 0 fully saturated rings. The largest absolute Gasteiger partial charge is 0.360 e. The van der Waals surface area contributed by atoms with E-state index in [1.165, 1.54) is 6.92 Å². The van der Waals surface area contributed by atoms with Crippen LogP contribution in [0.15, 0.2) is 0 Å². The zero-order chi connectivity index (χ0) is 12.4. The number of thiazole rings is 1. The minimum Gasteiger partial charge on any atom is -0.360 e. The summed E-state index contributed by atoms with van der Waals surface area (Å²) in [5.74, 6) is -0.0175. The van der Waals surface area contributed by atoms with Crippen LogP contribution in [0.4, 0.5) is 5.13 Å². The number of amides is 1. The highest BCUT2D eigenvalue weighted by atomic mass is 32.1. The standard InChI is InChI=1S/C10H15N5OS/c1-6-8-9(15(3)14-6)13-10(17-8)12-5-4-11-7(2)16/h4-5H2,1-3H3,(H,11,16)(H,12,13). The molecule has 0 aliphatic carbocycles. The molecule has 0 bridgehead atoms. The van der Waals surface area contributed by atoms with E-state index in [4.69, 9.17) is 0 Å². The summed E-state index contributed by atoms with van der Waals surface area (Å²) >= 11 is 1.59. The van der Waals surface area contributed by atoms with E-state index >= 15 is 0 Å².